The molecule has 0 aliphatic carbocycles. The van der Waals surface area contributed by atoms with E-state index in [0.29, 0.717) is 33.4 Å². The number of fused-ring (bicyclic) bond motifs is 1. The molecular weight excluding hydrogens is 534 g/mol. The van der Waals surface area contributed by atoms with Gasteiger partial charge in [0.1, 0.15) is 0 Å². The van der Waals surface area contributed by atoms with Gasteiger partial charge in [0.25, 0.3) is 0 Å². The highest BCUT2D eigenvalue weighted by atomic mass is 31.3. The molecule has 0 fully saturated rings. The molecule has 7 nitrogen and oxygen atoms in total. The van der Waals surface area contributed by atoms with E-state index in [1.807, 2.05) is 121 Å². The van der Waals surface area contributed by atoms with Gasteiger partial charge in [-0.15, -0.1) is 0 Å². The zero-order chi connectivity index (χ0) is 27.0. The molecule has 9 heteroatoms. The molecule has 0 bridgehead atoms. The summed E-state index contributed by atoms with van der Waals surface area (Å²) in [4.78, 5) is 21.0. The lowest BCUT2D eigenvalue weighted by molar-refractivity contribution is 0.249. The van der Waals surface area contributed by atoms with E-state index in [0.717, 1.165) is 11.1 Å². The van der Waals surface area contributed by atoms with Crippen molar-refractivity contribution in [1.82, 2.24) is 0 Å². The molecule has 0 aromatic heterocycles. The van der Waals surface area contributed by atoms with Crippen molar-refractivity contribution in [2.75, 3.05) is 0 Å². The number of hydrogen-bond donors (Lipinski definition) is 2. The molecule has 0 saturated carbocycles. The smallest absolute Gasteiger partial charge is 0.399 e. The van der Waals surface area contributed by atoms with Crippen molar-refractivity contribution in [1.29, 1.82) is 0 Å². The summed E-state index contributed by atoms with van der Waals surface area (Å²) in [6, 6.07) is 37.4. The zero-order valence-corrected chi connectivity index (χ0v) is 22.2. The first kappa shape index (κ1) is 25.3. The van der Waals surface area contributed by atoms with Crippen LogP contribution in [-0.2, 0) is 13.4 Å². The molecule has 2 atom stereocenters. The van der Waals surface area contributed by atoms with Gasteiger partial charge in [-0.1, -0.05) is 121 Å². The van der Waals surface area contributed by atoms with Gasteiger partial charge < -0.3 is 9.05 Å². The second kappa shape index (κ2) is 9.97. The number of phosphoric acid groups is 2. The minimum Gasteiger partial charge on any atom is -0.399 e. The molecule has 0 radical (unpaired) electrons. The van der Waals surface area contributed by atoms with Crippen molar-refractivity contribution in [3.63, 3.8) is 0 Å². The highest BCUT2D eigenvalue weighted by Crippen LogP contribution is 2.69. The molecule has 0 saturated heterocycles. The second-order valence-electron chi connectivity index (χ2n) is 8.82. The van der Waals surface area contributed by atoms with Crippen LogP contribution >= 0.6 is 15.6 Å². The van der Waals surface area contributed by atoms with Crippen LogP contribution < -0.4 is 9.05 Å². The first-order chi connectivity index (χ1) is 18.8. The average molecular weight is 556 g/mol. The van der Waals surface area contributed by atoms with Gasteiger partial charge in [0.2, 0.25) is 0 Å². The summed E-state index contributed by atoms with van der Waals surface area (Å²) in [7, 11) is -10.2. The van der Waals surface area contributed by atoms with E-state index >= 15 is 0 Å². The lowest BCUT2D eigenvalue weighted by atomic mass is 9.81. The first-order valence-corrected chi connectivity index (χ1v) is 15.0. The van der Waals surface area contributed by atoms with Gasteiger partial charge in [0, 0.05) is 22.3 Å². The third kappa shape index (κ3) is 4.95. The van der Waals surface area contributed by atoms with Crippen molar-refractivity contribution in [3.05, 3.63) is 121 Å². The van der Waals surface area contributed by atoms with Crippen LogP contribution in [0.25, 0.3) is 44.5 Å². The summed E-state index contributed by atoms with van der Waals surface area (Å²) in [6.45, 7) is 0. The van der Waals surface area contributed by atoms with Crippen LogP contribution in [0.5, 0.6) is 11.5 Å². The van der Waals surface area contributed by atoms with Crippen molar-refractivity contribution in [2.45, 2.75) is 0 Å². The van der Waals surface area contributed by atoms with E-state index in [4.69, 9.17) is 9.05 Å². The van der Waals surface area contributed by atoms with Crippen LogP contribution in [0.3, 0.4) is 0 Å². The standard InChI is InChI=1S/C30H22O7P2/c31-38(32)35-29-27(23-17-9-3-10-18-23)25(21-13-5-1-6-14-21)26(22-15-7-2-8-16-22)28(24-19-11-4-12-20-24)30(29)36-39(33,34)37-38/h1-20H,(H,31,32)(H,33,34). The Hall–Kier alpha value is -3.96. The van der Waals surface area contributed by atoms with Crippen molar-refractivity contribution >= 4 is 15.6 Å². The minimum absolute atomic E-state index is 0.170. The van der Waals surface area contributed by atoms with Crippen LogP contribution in [0.1, 0.15) is 0 Å². The van der Waals surface area contributed by atoms with E-state index in [1.54, 1.807) is 0 Å². The third-order valence-corrected chi connectivity index (χ3v) is 8.76. The lowest BCUT2D eigenvalue weighted by Gasteiger charge is -2.25. The average Bonchev–Trinajstić information content (AvgIpc) is 3.04. The topological polar surface area (TPSA) is 102 Å². The van der Waals surface area contributed by atoms with E-state index in [-0.39, 0.29) is 11.5 Å². The maximum Gasteiger partial charge on any atom is 0.537 e. The van der Waals surface area contributed by atoms with Crippen molar-refractivity contribution in [3.8, 4) is 56.0 Å². The van der Waals surface area contributed by atoms with E-state index in [1.165, 1.54) is 0 Å². The summed E-state index contributed by atoms with van der Waals surface area (Å²) in [5.74, 6) is -0.340. The maximum absolute atomic E-state index is 13.0. The van der Waals surface area contributed by atoms with Gasteiger partial charge in [-0.3, -0.25) is 9.79 Å². The fourth-order valence-electron chi connectivity index (χ4n) is 4.82. The highest BCUT2D eigenvalue weighted by Gasteiger charge is 2.45. The lowest BCUT2D eigenvalue weighted by Crippen LogP contribution is -2.01. The summed E-state index contributed by atoms with van der Waals surface area (Å²) < 4.78 is 41.8. The highest BCUT2D eigenvalue weighted by molar-refractivity contribution is 7.61. The van der Waals surface area contributed by atoms with Gasteiger partial charge >= 0.3 is 15.6 Å². The van der Waals surface area contributed by atoms with E-state index in [9.17, 15) is 18.9 Å². The molecule has 1 aliphatic heterocycles. The van der Waals surface area contributed by atoms with Gasteiger partial charge in [0.15, 0.2) is 11.5 Å². The SMILES string of the molecule is O=P1(O)Oc2c(c(-c3ccccc3)c(-c3ccccc3)c(-c3ccccc3)c2-c2ccccc2)OP(=O)(O)O1. The van der Waals surface area contributed by atoms with Gasteiger partial charge in [-0.05, 0) is 22.3 Å². The molecule has 5 aromatic rings. The summed E-state index contributed by atoms with van der Waals surface area (Å²) in [5.41, 5.74) is 5.07. The van der Waals surface area contributed by atoms with E-state index < -0.39 is 15.6 Å². The summed E-state index contributed by atoms with van der Waals surface area (Å²) >= 11 is 0. The normalized spacial score (nSPS) is 20.3. The molecular formula is C30H22O7P2. The van der Waals surface area contributed by atoms with Crippen LogP contribution in [0.4, 0.5) is 0 Å². The molecule has 1 heterocycles. The maximum atomic E-state index is 13.0. The Bertz CT molecular complexity index is 1610. The zero-order valence-electron chi connectivity index (χ0n) is 20.4. The molecule has 0 spiro atoms. The van der Waals surface area contributed by atoms with Crippen LogP contribution in [0, 0.1) is 0 Å². The molecule has 2 N–H and O–H groups in total. The molecule has 5 aromatic carbocycles. The Labute approximate surface area is 225 Å². The van der Waals surface area contributed by atoms with Crippen LogP contribution in [0.2, 0.25) is 0 Å². The minimum atomic E-state index is -5.08. The van der Waals surface area contributed by atoms with Crippen molar-refractivity contribution < 1.29 is 32.3 Å². The Morgan fingerprint density at radius 1 is 0.410 bits per heavy atom. The fourth-order valence-corrected chi connectivity index (χ4v) is 6.94. The number of benzene rings is 5. The quantitative estimate of drug-likeness (QED) is 0.215. The van der Waals surface area contributed by atoms with Crippen molar-refractivity contribution in [2.24, 2.45) is 0 Å². The molecule has 6 rings (SSSR count). The second-order valence-corrected chi connectivity index (χ2v) is 11.7. The Balaban J connectivity index is 1.90. The largest absolute Gasteiger partial charge is 0.537 e. The molecule has 39 heavy (non-hydrogen) atoms. The van der Waals surface area contributed by atoms with Crippen LogP contribution in [-0.4, -0.2) is 9.79 Å². The first-order valence-electron chi connectivity index (χ1n) is 12.0. The molecule has 194 valence electrons. The third-order valence-electron chi connectivity index (χ3n) is 6.28. The van der Waals surface area contributed by atoms with Gasteiger partial charge in [-0.25, -0.2) is 9.13 Å². The van der Waals surface area contributed by atoms with Gasteiger partial charge in [-0.2, -0.15) is 4.31 Å². The molecule has 0 amide bonds. The Kier molecular flexibility index (Phi) is 6.48. The summed E-state index contributed by atoms with van der Waals surface area (Å²) in [5, 5.41) is 0. The fraction of sp³-hybridized carbons (Fsp3) is 0. The van der Waals surface area contributed by atoms with Crippen LogP contribution in [0.15, 0.2) is 121 Å². The van der Waals surface area contributed by atoms with Gasteiger partial charge in [0.05, 0.1) is 0 Å². The van der Waals surface area contributed by atoms with E-state index in [2.05, 4.69) is 4.31 Å². The predicted octanol–water partition coefficient (Wildman–Crippen LogP) is 8.34. The molecule has 2 unspecified atom stereocenters. The Morgan fingerprint density at radius 2 is 0.667 bits per heavy atom. The predicted molar refractivity (Wildman–Crippen MR) is 150 cm³/mol. The number of phosphoric ester groups is 2. The Morgan fingerprint density at radius 3 is 0.949 bits per heavy atom. The molecule has 1 aliphatic rings. The summed E-state index contributed by atoms with van der Waals surface area (Å²) in [6.07, 6.45) is 0. The monoisotopic (exact) mass is 556 g/mol. The number of hydrogen-bond acceptors (Lipinski definition) is 5. The number of rotatable bonds is 4.